The van der Waals surface area contributed by atoms with E-state index in [1.807, 2.05) is 18.2 Å². The van der Waals surface area contributed by atoms with Gasteiger partial charge in [0.25, 0.3) is 0 Å². The molecule has 5 heteroatoms. The van der Waals surface area contributed by atoms with Gasteiger partial charge in [0.1, 0.15) is 5.75 Å². The van der Waals surface area contributed by atoms with Crippen LogP contribution in [0.25, 0.3) is 11.0 Å². The monoisotopic (exact) mass is 261 g/mol. The van der Waals surface area contributed by atoms with E-state index in [0.29, 0.717) is 12.0 Å². The summed E-state index contributed by atoms with van der Waals surface area (Å²) in [6, 6.07) is 6.26. The summed E-state index contributed by atoms with van der Waals surface area (Å²) >= 11 is 0. The third kappa shape index (κ3) is 2.14. The normalized spacial score (nSPS) is 23.7. The number of nitrogen functional groups attached to an aromatic ring is 1. The number of hydrogen-bond donors (Lipinski definition) is 1. The fraction of sp³-hybridized carbons (Fsp3) is 0.500. The van der Waals surface area contributed by atoms with Crippen LogP contribution in [-0.4, -0.2) is 29.4 Å². The van der Waals surface area contributed by atoms with E-state index in [0.717, 1.165) is 36.2 Å². The number of rotatable bonds is 2. The van der Waals surface area contributed by atoms with Crippen molar-refractivity contribution in [2.45, 2.75) is 31.9 Å². The van der Waals surface area contributed by atoms with Gasteiger partial charge in [-0.2, -0.15) is 0 Å². The Bertz CT molecular complexity index is 594. The molecule has 2 heterocycles. The molecule has 5 nitrogen and oxygen atoms in total. The maximum atomic E-state index is 6.09. The number of nitrogens with zero attached hydrogens (tertiary/aromatic N) is 2. The minimum atomic E-state index is 0.272. The van der Waals surface area contributed by atoms with Crippen molar-refractivity contribution in [3.05, 3.63) is 18.2 Å². The molecule has 2 atom stereocenters. The lowest BCUT2D eigenvalue weighted by molar-refractivity contribution is 0.00713. The van der Waals surface area contributed by atoms with Crippen LogP contribution in [-0.2, 0) is 4.74 Å². The number of ether oxygens (including phenoxy) is 2. The number of anilines is 1. The molecule has 0 saturated carbocycles. The maximum absolute atomic E-state index is 6.09. The number of hydrogen-bond acceptors (Lipinski definition) is 4. The van der Waals surface area contributed by atoms with Crippen LogP contribution in [0.5, 0.6) is 5.75 Å². The number of fused-ring (bicyclic) bond motifs is 1. The zero-order valence-electron chi connectivity index (χ0n) is 11.3. The summed E-state index contributed by atoms with van der Waals surface area (Å²) in [5.41, 5.74) is 8.04. The fourth-order valence-electron chi connectivity index (χ4n) is 2.82. The van der Waals surface area contributed by atoms with Crippen molar-refractivity contribution in [2.24, 2.45) is 0 Å². The van der Waals surface area contributed by atoms with Crippen LogP contribution in [0.4, 0.5) is 5.95 Å². The van der Waals surface area contributed by atoms with E-state index in [2.05, 4.69) is 16.5 Å². The van der Waals surface area contributed by atoms with E-state index in [1.54, 1.807) is 7.11 Å². The van der Waals surface area contributed by atoms with E-state index in [-0.39, 0.29) is 6.10 Å². The van der Waals surface area contributed by atoms with Crippen LogP contribution >= 0.6 is 0 Å². The highest BCUT2D eigenvalue weighted by Crippen LogP contribution is 2.32. The number of imidazole rings is 1. The van der Waals surface area contributed by atoms with Crippen LogP contribution in [0.3, 0.4) is 0 Å². The Hall–Kier alpha value is -1.75. The lowest BCUT2D eigenvalue weighted by Gasteiger charge is -2.29. The van der Waals surface area contributed by atoms with Crippen LogP contribution in [0.15, 0.2) is 18.2 Å². The van der Waals surface area contributed by atoms with Gasteiger partial charge in [0.2, 0.25) is 5.95 Å². The second kappa shape index (κ2) is 4.74. The SMILES string of the molecule is COc1ccc2c(c1)nc(N)n2C1CCOC(C)C1. The molecule has 3 rings (SSSR count). The van der Waals surface area contributed by atoms with E-state index in [9.17, 15) is 0 Å². The molecule has 2 unspecified atom stereocenters. The number of methoxy groups -OCH3 is 1. The molecular weight excluding hydrogens is 242 g/mol. The van der Waals surface area contributed by atoms with E-state index < -0.39 is 0 Å². The van der Waals surface area contributed by atoms with Crippen molar-refractivity contribution in [2.75, 3.05) is 19.5 Å². The third-order valence-corrected chi connectivity index (χ3v) is 3.75. The molecule has 0 radical (unpaired) electrons. The van der Waals surface area contributed by atoms with Crippen molar-refractivity contribution in [3.8, 4) is 5.75 Å². The van der Waals surface area contributed by atoms with Crippen LogP contribution < -0.4 is 10.5 Å². The van der Waals surface area contributed by atoms with Gasteiger partial charge in [0, 0.05) is 18.7 Å². The fourth-order valence-corrected chi connectivity index (χ4v) is 2.82. The molecule has 1 aromatic carbocycles. The van der Waals surface area contributed by atoms with Gasteiger partial charge >= 0.3 is 0 Å². The molecule has 19 heavy (non-hydrogen) atoms. The summed E-state index contributed by atoms with van der Waals surface area (Å²) in [5.74, 6) is 1.37. The van der Waals surface area contributed by atoms with Crippen molar-refractivity contribution in [3.63, 3.8) is 0 Å². The Labute approximate surface area is 112 Å². The summed E-state index contributed by atoms with van der Waals surface area (Å²) in [6.45, 7) is 2.88. The van der Waals surface area contributed by atoms with E-state index in [1.165, 1.54) is 0 Å². The quantitative estimate of drug-likeness (QED) is 0.901. The third-order valence-electron chi connectivity index (χ3n) is 3.75. The maximum Gasteiger partial charge on any atom is 0.201 e. The lowest BCUT2D eigenvalue weighted by Crippen LogP contribution is -2.26. The molecule has 0 amide bonds. The first-order valence-corrected chi connectivity index (χ1v) is 6.62. The largest absolute Gasteiger partial charge is 0.497 e. The van der Waals surface area contributed by atoms with Crippen molar-refractivity contribution >= 4 is 17.0 Å². The summed E-state index contributed by atoms with van der Waals surface area (Å²) in [6.07, 6.45) is 2.22. The van der Waals surface area contributed by atoms with Gasteiger partial charge in [-0.1, -0.05) is 0 Å². The van der Waals surface area contributed by atoms with Gasteiger partial charge in [-0.25, -0.2) is 4.98 Å². The standard InChI is InChI=1S/C14H19N3O2/c1-9-7-10(5-6-19-9)17-13-4-3-11(18-2)8-12(13)16-14(17)15/h3-4,8-10H,5-7H2,1-2H3,(H2,15,16). The number of benzene rings is 1. The molecule has 102 valence electrons. The van der Waals surface area contributed by atoms with Gasteiger partial charge in [0.15, 0.2) is 0 Å². The molecule has 0 aliphatic carbocycles. The number of aromatic nitrogens is 2. The summed E-state index contributed by atoms with van der Waals surface area (Å²) in [5, 5.41) is 0. The van der Waals surface area contributed by atoms with Gasteiger partial charge in [-0.3, -0.25) is 0 Å². The highest BCUT2D eigenvalue weighted by Gasteiger charge is 2.24. The topological polar surface area (TPSA) is 62.3 Å². The highest BCUT2D eigenvalue weighted by molar-refractivity contribution is 5.80. The average molecular weight is 261 g/mol. The molecule has 1 aliphatic heterocycles. The van der Waals surface area contributed by atoms with Gasteiger partial charge in [-0.05, 0) is 31.9 Å². The minimum absolute atomic E-state index is 0.272. The molecule has 2 N–H and O–H groups in total. The molecule has 1 aliphatic rings. The zero-order valence-corrected chi connectivity index (χ0v) is 11.3. The first kappa shape index (κ1) is 12.3. The summed E-state index contributed by atoms with van der Waals surface area (Å²) in [7, 11) is 1.65. The Morgan fingerprint density at radius 2 is 2.32 bits per heavy atom. The molecule has 1 saturated heterocycles. The molecule has 2 aromatic rings. The van der Waals surface area contributed by atoms with Crippen LogP contribution in [0, 0.1) is 0 Å². The Morgan fingerprint density at radius 1 is 1.47 bits per heavy atom. The predicted molar refractivity (Wildman–Crippen MR) is 74.4 cm³/mol. The van der Waals surface area contributed by atoms with Gasteiger partial charge in [-0.15, -0.1) is 0 Å². The number of nitrogens with two attached hydrogens (primary N) is 1. The minimum Gasteiger partial charge on any atom is -0.497 e. The lowest BCUT2D eigenvalue weighted by atomic mass is 10.0. The molecule has 1 fully saturated rings. The first-order chi connectivity index (χ1) is 9.19. The molecule has 0 bridgehead atoms. The van der Waals surface area contributed by atoms with Crippen molar-refractivity contribution in [1.82, 2.24) is 9.55 Å². The summed E-state index contributed by atoms with van der Waals surface area (Å²) in [4.78, 5) is 4.44. The molecule has 1 aromatic heterocycles. The van der Waals surface area contributed by atoms with Crippen molar-refractivity contribution < 1.29 is 9.47 Å². The Balaban J connectivity index is 2.05. The second-order valence-electron chi connectivity index (χ2n) is 5.05. The average Bonchev–Trinajstić information content (AvgIpc) is 2.73. The van der Waals surface area contributed by atoms with Crippen LogP contribution in [0.2, 0.25) is 0 Å². The van der Waals surface area contributed by atoms with Crippen molar-refractivity contribution in [1.29, 1.82) is 0 Å². The zero-order chi connectivity index (χ0) is 13.4. The molecule has 0 spiro atoms. The van der Waals surface area contributed by atoms with Gasteiger partial charge in [0.05, 0.1) is 24.2 Å². The first-order valence-electron chi connectivity index (χ1n) is 6.62. The van der Waals surface area contributed by atoms with E-state index in [4.69, 9.17) is 15.2 Å². The predicted octanol–water partition coefficient (Wildman–Crippen LogP) is 2.37. The molecular formula is C14H19N3O2. The second-order valence-corrected chi connectivity index (χ2v) is 5.05. The summed E-state index contributed by atoms with van der Waals surface area (Å²) < 4.78 is 13.0. The van der Waals surface area contributed by atoms with Crippen LogP contribution in [0.1, 0.15) is 25.8 Å². The smallest absolute Gasteiger partial charge is 0.201 e. The highest BCUT2D eigenvalue weighted by atomic mass is 16.5. The van der Waals surface area contributed by atoms with Gasteiger partial charge < -0.3 is 19.8 Å². The Kier molecular flexibility index (Phi) is 3.06. The Morgan fingerprint density at radius 3 is 3.05 bits per heavy atom. The van der Waals surface area contributed by atoms with E-state index >= 15 is 0 Å².